The number of carbonyl (C=O) groups excluding carboxylic acids is 1. The number of rotatable bonds is 7. The fourth-order valence-corrected chi connectivity index (χ4v) is 1.52. The average Bonchev–Trinajstić information content (AvgIpc) is 2.24. The molecule has 0 radical (unpaired) electrons. The largest absolute Gasteiger partial charge is 0.368 e. The Bertz CT molecular complexity index is 208. The summed E-state index contributed by atoms with van der Waals surface area (Å²) in [6.07, 6.45) is 1.08. The van der Waals surface area contributed by atoms with Crippen LogP contribution in [0.5, 0.6) is 0 Å². The molecule has 2 unspecified atom stereocenters. The Morgan fingerprint density at radius 3 is 2.33 bits per heavy atom. The summed E-state index contributed by atoms with van der Waals surface area (Å²) < 4.78 is 0. The molecule has 0 heterocycles. The minimum Gasteiger partial charge on any atom is -0.368 e. The van der Waals surface area contributed by atoms with Gasteiger partial charge in [-0.05, 0) is 33.9 Å². The highest BCUT2D eigenvalue weighted by Gasteiger charge is 2.32. The number of primary amides is 1. The smallest absolute Gasteiger partial charge is 0.238 e. The fourth-order valence-electron chi connectivity index (χ4n) is 1.52. The summed E-state index contributed by atoms with van der Waals surface area (Å²) in [5.41, 5.74) is 4.76. The van der Waals surface area contributed by atoms with Gasteiger partial charge in [0.05, 0.1) is 0 Å². The van der Waals surface area contributed by atoms with Gasteiger partial charge in [-0.2, -0.15) is 0 Å². The monoisotopic (exact) mass is 215 g/mol. The van der Waals surface area contributed by atoms with Crippen LogP contribution in [-0.4, -0.2) is 42.5 Å². The van der Waals surface area contributed by atoms with Gasteiger partial charge in [0, 0.05) is 12.6 Å². The lowest BCUT2D eigenvalue weighted by molar-refractivity contribution is -0.124. The van der Waals surface area contributed by atoms with Crippen molar-refractivity contribution in [2.45, 2.75) is 45.7 Å². The summed E-state index contributed by atoms with van der Waals surface area (Å²) in [5, 5.41) is 3.01. The van der Waals surface area contributed by atoms with Crippen LogP contribution >= 0.6 is 0 Å². The lowest BCUT2D eigenvalue weighted by Crippen LogP contribution is -2.59. The molecule has 0 aromatic rings. The van der Waals surface area contributed by atoms with Gasteiger partial charge in [-0.15, -0.1) is 0 Å². The van der Waals surface area contributed by atoms with Crippen LogP contribution in [0.1, 0.15) is 34.1 Å². The highest BCUT2D eigenvalue weighted by Crippen LogP contribution is 2.10. The fraction of sp³-hybridized carbons (Fsp3) is 0.909. The maximum Gasteiger partial charge on any atom is 0.238 e. The Balaban J connectivity index is 4.57. The highest BCUT2D eigenvalue weighted by atomic mass is 16.1. The normalized spacial score (nSPS) is 17.5. The predicted octanol–water partition coefficient (Wildman–Crippen LogP) is 0.570. The van der Waals surface area contributed by atoms with Gasteiger partial charge in [0.2, 0.25) is 5.91 Å². The van der Waals surface area contributed by atoms with Crippen molar-refractivity contribution in [3.05, 3.63) is 0 Å². The van der Waals surface area contributed by atoms with Crippen molar-refractivity contribution in [3.63, 3.8) is 0 Å². The lowest BCUT2D eigenvalue weighted by atomic mass is 10.00. The minimum atomic E-state index is -0.639. The zero-order chi connectivity index (χ0) is 12.1. The van der Waals surface area contributed by atoms with Gasteiger partial charge in [0.15, 0.2) is 0 Å². The van der Waals surface area contributed by atoms with Crippen LogP contribution in [0.3, 0.4) is 0 Å². The predicted molar refractivity (Wildman–Crippen MR) is 63.7 cm³/mol. The highest BCUT2D eigenvalue weighted by molar-refractivity contribution is 5.84. The second-order valence-corrected chi connectivity index (χ2v) is 4.27. The molecule has 0 aromatic heterocycles. The van der Waals surface area contributed by atoms with E-state index < -0.39 is 5.54 Å². The van der Waals surface area contributed by atoms with E-state index >= 15 is 0 Å². The van der Waals surface area contributed by atoms with Crippen LogP contribution in [0, 0.1) is 0 Å². The number of nitrogens with two attached hydrogens (primary N) is 1. The summed E-state index contributed by atoms with van der Waals surface area (Å²) in [6.45, 7) is 9.85. The van der Waals surface area contributed by atoms with Crippen LogP contribution in [0.2, 0.25) is 0 Å². The minimum absolute atomic E-state index is 0.299. The van der Waals surface area contributed by atoms with E-state index in [-0.39, 0.29) is 5.91 Å². The number of nitrogens with zero attached hydrogens (tertiary/aromatic N) is 1. The zero-order valence-electron chi connectivity index (χ0n) is 10.6. The van der Waals surface area contributed by atoms with Gasteiger partial charge in [0.25, 0.3) is 0 Å². The first-order chi connectivity index (χ1) is 6.91. The molecule has 0 aromatic carbocycles. The molecule has 1 amide bonds. The Hall–Kier alpha value is -0.610. The Morgan fingerprint density at radius 1 is 1.53 bits per heavy atom. The molecule has 0 fully saturated rings. The van der Waals surface area contributed by atoms with Gasteiger partial charge in [-0.1, -0.05) is 13.8 Å². The van der Waals surface area contributed by atoms with Gasteiger partial charge in [-0.25, -0.2) is 0 Å². The van der Waals surface area contributed by atoms with E-state index in [2.05, 4.69) is 31.0 Å². The SMILES string of the molecule is CCC(C)N(CC)CC(C)(NC)C(N)=O. The standard InChI is InChI=1S/C11H25N3O/c1-6-9(3)14(7-2)8-11(4,13-5)10(12)15/h9,13H,6-8H2,1-5H3,(H2,12,15). The molecular weight excluding hydrogens is 190 g/mol. The van der Waals surface area contributed by atoms with Crippen molar-refractivity contribution >= 4 is 5.91 Å². The second kappa shape index (κ2) is 6.08. The molecule has 90 valence electrons. The van der Waals surface area contributed by atoms with Crippen molar-refractivity contribution in [2.24, 2.45) is 5.73 Å². The second-order valence-electron chi connectivity index (χ2n) is 4.27. The van der Waals surface area contributed by atoms with Crippen molar-refractivity contribution in [1.29, 1.82) is 0 Å². The number of hydrogen-bond donors (Lipinski definition) is 2. The van der Waals surface area contributed by atoms with E-state index in [0.717, 1.165) is 13.0 Å². The molecule has 15 heavy (non-hydrogen) atoms. The van der Waals surface area contributed by atoms with Crippen LogP contribution < -0.4 is 11.1 Å². The summed E-state index contributed by atoms with van der Waals surface area (Å²) in [4.78, 5) is 13.6. The van der Waals surface area contributed by atoms with Crippen molar-refractivity contribution in [3.8, 4) is 0 Å². The summed E-state index contributed by atoms with van der Waals surface area (Å²) in [7, 11) is 1.77. The molecule has 4 nitrogen and oxygen atoms in total. The van der Waals surface area contributed by atoms with E-state index in [1.807, 2.05) is 6.92 Å². The maximum absolute atomic E-state index is 11.3. The molecular formula is C11H25N3O. The topological polar surface area (TPSA) is 58.4 Å². The zero-order valence-corrected chi connectivity index (χ0v) is 10.6. The molecule has 0 bridgehead atoms. The van der Waals surface area contributed by atoms with E-state index in [4.69, 9.17) is 5.73 Å². The third kappa shape index (κ3) is 3.80. The summed E-state index contributed by atoms with van der Waals surface area (Å²) in [5.74, 6) is -0.299. The molecule has 0 aliphatic rings. The van der Waals surface area contributed by atoms with Gasteiger partial charge < -0.3 is 11.1 Å². The van der Waals surface area contributed by atoms with Crippen molar-refractivity contribution in [1.82, 2.24) is 10.2 Å². The number of amides is 1. The Kier molecular flexibility index (Phi) is 5.83. The number of carbonyl (C=O) groups is 1. The van der Waals surface area contributed by atoms with E-state index in [1.165, 1.54) is 0 Å². The Morgan fingerprint density at radius 2 is 2.07 bits per heavy atom. The molecule has 0 aliphatic heterocycles. The first-order valence-corrected chi connectivity index (χ1v) is 5.64. The van der Waals surface area contributed by atoms with Crippen LogP contribution in [-0.2, 0) is 4.79 Å². The molecule has 0 aliphatic carbocycles. The van der Waals surface area contributed by atoms with Gasteiger partial charge in [-0.3, -0.25) is 9.69 Å². The summed E-state index contributed by atoms with van der Waals surface area (Å²) in [6, 6.07) is 0.474. The van der Waals surface area contributed by atoms with E-state index in [9.17, 15) is 4.79 Å². The van der Waals surface area contributed by atoms with Crippen LogP contribution in [0.25, 0.3) is 0 Å². The molecule has 2 atom stereocenters. The lowest BCUT2D eigenvalue weighted by Gasteiger charge is -2.35. The maximum atomic E-state index is 11.3. The number of likely N-dealkylation sites (N-methyl/N-ethyl adjacent to an activating group) is 2. The van der Waals surface area contributed by atoms with E-state index in [1.54, 1.807) is 7.05 Å². The first kappa shape index (κ1) is 14.4. The third-order valence-corrected chi connectivity index (χ3v) is 3.24. The van der Waals surface area contributed by atoms with Gasteiger partial charge in [0.1, 0.15) is 5.54 Å². The molecule has 0 saturated heterocycles. The molecule has 0 rings (SSSR count). The number of nitrogens with one attached hydrogen (secondary N) is 1. The molecule has 3 N–H and O–H groups in total. The third-order valence-electron chi connectivity index (χ3n) is 3.24. The summed E-state index contributed by atoms with van der Waals surface area (Å²) >= 11 is 0. The Labute approximate surface area is 93.2 Å². The van der Waals surface area contributed by atoms with Crippen LogP contribution in [0.15, 0.2) is 0 Å². The average molecular weight is 215 g/mol. The molecule has 0 saturated carbocycles. The van der Waals surface area contributed by atoms with Crippen molar-refractivity contribution in [2.75, 3.05) is 20.1 Å². The van der Waals surface area contributed by atoms with Gasteiger partial charge >= 0.3 is 0 Å². The van der Waals surface area contributed by atoms with Crippen LogP contribution in [0.4, 0.5) is 0 Å². The number of hydrogen-bond acceptors (Lipinski definition) is 3. The molecule has 4 heteroatoms. The van der Waals surface area contributed by atoms with Crippen molar-refractivity contribution < 1.29 is 4.79 Å². The van der Waals surface area contributed by atoms with E-state index in [0.29, 0.717) is 12.6 Å². The molecule has 0 spiro atoms. The quantitative estimate of drug-likeness (QED) is 0.653. The first-order valence-electron chi connectivity index (χ1n) is 5.64.